The summed E-state index contributed by atoms with van der Waals surface area (Å²) >= 11 is 1.71. The molecule has 3 N–H and O–H groups in total. The van der Waals surface area contributed by atoms with E-state index in [2.05, 4.69) is 22.7 Å². The first kappa shape index (κ1) is 12.0. The molecule has 2 rings (SSSR count). The maximum Gasteiger partial charge on any atom is 0.0898 e. The SMILES string of the molecule is Cc1nc(C(NN)C2CCCC(C)C2)cs1. The van der Waals surface area contributed by atoms with E-state index in [1.807, 2.05) is 6.92 Å². The maximum absolute atomic E-state index is 5.70. The summed E-state index contributed by atoms with van der Waals surface area (Å²) < 4.78 is 0. The summed E-state index contributed by atoms with van der Waals surface area (Å²) in [4.78, 5) is 4.56. The van der Waals surface area contributed by atoms with Crippen LogP contribution in [0.25, 0.3) is 0 Å². The van der Waals surface area contributed by atoms with Gasteiger partial charge in [-0.3, -0.25) is 11.3 Å². The van der Waals surface area contributed by atoms with E-state index in [1.165, 1.54) is 25.7 Å². The van der Waals surface area contributed by atoms with Crippen molar-refractivity contribution >= 4 is 11.3 Å². The molecule has 3 nitrogen and oxygen atoms in total. The van der Waals surface area contributed by atoms with Crippen LogP contribution in [0.15, 0.2) is 5.38 Å². The minimum atomic E-state index is 0.243. The van der Waals surface area contributed by atoms with E-state index in [0.717, 1.165) is 16.6 Å². The van der Waals surface area contributed by atoms with Crippen molar-refractivity contribution in [3.8, 4) is 0 Å². The van der Waals surface area contributed by atoms with Crippen LogP contribution in [-0.2, 0) is 0 Å². The highest BCUT2D eigenvalue weighted by molar-refractivity contribution is 7.09. The Morgan fingerprint density at radius 1 is 1.56 bits per heavy atom. The third kappa shape index (κ3) is 2.62. The van der Waals surface area contributed by atoms with Gasteiger partial charge in [0, 0.05) is 5.38 Å². The van der Waals surface area contributed by atoms with Gasteiger partial charge in [-0.2, -0.15) is 0 Å². The van der Waals surface area contributed by atoms with Gasteiger partial charge < -0.3 is 0 Å². The molecule has 3 atom stereocenters. The van der Waals surface area contributed by atoms with Crippen molar-refractivity contribution in [3.63, 3.8) is 0 Å². The minimum absolute atomic E-state index is 0.243. The number of hydrogen-bond donors (Lipinski definition) is 2. The topological polar surface area (TPSA) is 50.9 Å². The molecule has 1 heterocycles. The van der Waals surface area contributed by atoms with Gasteiger partial charge in [0.1, 0.15) is 0 Å². The smallest absolute Gasteiger partial charge is 0.0898 e. The van der Waals surface area contributed by atoms with Crippen LogP contribution >= 0.6 is 11.3 Å². The van der Waals surface area contributed by atoms with Gasteiger partial charge in [0.25, 0.3) is 0 Å². The average molecular weight is 239 g/mol. The molecular formula is C12H21N3S. The van der Waals surface area contributed by atoms with Crippen LogP contribution in [-0.4, -0.2) is 4.98 Å². The molecule has 1 fully saturated rings. The number of hydrogen-bond acceptors (Lipinski definition) is 4. The Kier molecular flexibility index (Phi) is 3.95. The maximum atomic E-state index is 5.70. The fourth-order valence-electron chi connectivity index (χ4n) is 2.77. The molecule has 16 heavy (non-hydrogen) atoms. The van der Waals surface area contributed by atoms with Crippen molar-refractivity contribution in [2.24, 2.45) is 17.7 Å². The number of aryl methyl sites for hydroxylation is 1. The van der Waals surface area contributed by atoms with Gasteiger partial charge in [-0.25, -0.2) is 4.98 Å². The molecule has 0 amide bonds. The first-order chi connectivity index (χ1) is 7.70. The van der Waals surface area contributed by atoms with Crippen LogP contribution in [0, 0.1) is 18.8 Å². The van der Waals surface area contributed by atoms with Gasteiger partial charge in [-0.1, -0.05) is 19.8 Å². The Hall–Kier alpha value is -0.450. The second-order valence-corrected chi connectivity index (χ2v) is 6.03. The Bertz CT molecular complexity index is 337. The summed E-state index contributed by atoms with van der Waals surface area (Å²) in [6, 6.07) is 0.243. The molecule has 1 aliphatic carbocycles. The van der Waals surface area contributed by atoms with Crippen LogP contribution in [0.1, 0.15) is 49.4 Å². The highest BCUT2D eigenvalue weighted by Crippen LogP contribution is 2.36. The van der Waals surface area contributed by atoms with Crippen molar-refractivity contribution in [1.82, 2.24) is 10.4 Å². The second kappa shape index (κ2) is 5.25. The number of aromatic nitrogens is 1. The molecule has 90 valence electrons. The fourth-order valence-corrected chi connectivity index (χ4v) is 3.42. The first-order valence-electron chi connectivity index (χ1n) is 6.09. The van der Waals surface area contributed by atoms with E-state index in [0.29, 0.717) is 5.92 Å². The van der Waals surface area contributed by atoms with Crippen molar-refractivity contribution < 1.29 is 0 Å². The number of nitrogens with zero attached hydrogens (tertiary/aromatic N) is 1. The molecule has 1 saturated carbocycles. The van der Waals surface area contributed by atoms with Crippen LogP contribution in [0.3, 0.4) is 0 Å². The molecule has 0 aromatic carbocycles. The first-order valence-corrected chi connectivity index (χ1v) is 6.97. The van der Waals surface area contributed by atoms with Gasteiger partial charge in [-0.15, -0.1) is 11.3 Å². The molecular weight excluding hydrogens is 218 g/mol. The number of rotatable bonds is 3. The normalized spacial score (nSPS) is 27.9. The molecule has 4 heteroatoms. The van der Waals surface area contributed by atoms with Crippen LogP contribution in [0.5, 0.6) is 0 Å². The molecule has 0 bridgehead atoms. The summed E-state index contributed by atoms with van der Waals surface area (Å²) in [7, 11) is 0. The summed E-state index contributed by atoms with van der Waals surface area (Å²) in [5, 5.41) is 3.26. The third-order valence-corrected chi connectivity index (χ3v) is 4.38. The molecule has 1 aromatic heterocycles. The lowest BCUT2D eigenvalue weighted by Gasteiger charge is -2.32. The zero-order valence-electron chi connectivity index (χ0n) is 10.1. The van der Waals surface area contributed by atoms with E-state index in [9.17, 15) is 0 Å². The summed E-state index contributed by atoms with van der Waals surface area (Å²) in [5.74, 6) is 7.18. The third-order valence-electron chi connectivity index (χ3n) is 3.58. The highest BCUT2D eigenvalue weighted by Gasteiger charge is 2.28. The zero-order chi connectivity index (χ0) is 11.5. The predicted molar refractivity (Wildman–Crippen MR) is 68.0 cm³/mol. The fraction of sp³-hybridized carbons (Fsp3) is 0.750. The molecule has 0 aliphatic heterocycles. The molecule has 0 saturated heterocycles. The van der Waals surface area contributed by atoms with Crippen molar-refractivity contribution in [3.05, 3.63) is 16.1 Å². The van der Waals surface area contributed by atoms with Gasteiger partial charge in [0.2, 0.25) is 0 Å². The predicted octanol–water partition coefficient (Wildman–Crippen LogP) is 2.78. The van der Waals surface area contributed by atoms with Gasteiger partial charge in [0.15, 0.2) is 0 Å². The Labute approximate surface area is 101 Å². The summed E-state index contributed by atoms with van der Waals surface area (Å²) in [6.45, 7) is 4.39. The molecule has 3 unspecified atom stereocenters. The van der Waals surface area contributed by atoms with Crippen molar-refractivity contribution in [1.29, 1.82) is 0 Å². The van der Waals surface area contributed by atoms with Gasteiger partial charge in [-0.05, 0) is 31.6 Å². The van der Waals surface area contributed by atoms with E-state index < -0.39 is 0 Å². The highest BCUT2D eigenvalue weighted by atomic mass is 32.1. The quantitative estimate of drug-likeness (QED) is 0.630. The zero-order valence-corrected chi connectivity index (χ0v) is 10.9. The van der Waals surface area contributed by atoms with Crippen LogP contribution < -0.4 is 11.3 Å². The van der Waals surface area contributed by atoms with E-state index in [-0.39, 0.29) is 6.04 Å². The van der Waals surface area contributed by atoms with E-state index >= 15 is 0 Å². The molecule has 0 spiro atoms. The largest absolute Gasteiger partial charge is 0.271 e. The summed E-state index contributed by atoms with van der Waals surface area (Å²) in [5.41, 5.74) is 4.09. The number of nitrogens with one attached hydrogen (secondary N) is 1. The Morgan fingerprint density at radius 2 is 2.38 bits per heavy atom. The van der Waals surface area contributed by atoms with E-state index in [4.69, 9.17) is 5.84 Å². The second-order valence-electron chi connectivity index (χ2n) is 4.97. The Morgan fingerprint density at radius 3 is 2.94 bits per heavy atom. The van der Waals surface area contributed by atoms with Gasteiger partial charge >= 0.3 is 0 Å². The lowest BCUT2D eigenvalue weighted by atomic mass is 9.78. The lowest BCUT2D eigenvalue weighted by Crippen LogP contribution is -2.35. The van der Waals surface area contributed by atoms with Crippen LogP contribution in [0.2, 0.25) is 0 Å². The number of nitrogens with two attached hydrogens (primary N) is 1. The van der Waals surface area contributed by atoms with Crippen LogP contribution in [0.4, 0.5) is 0 Å². The molecule has 1 aliphatic rings. The number of hydrazine groups is 1. The Balaban J connectivity index is 2.09. The van der Waals surface area contributed by atoms with E-state index in [1.54, 1.807) is 11.3 Å². The average Bonchev–Trinajstić information content (AvgIpc) is 2.66. The summed E-state index contributed by atoms with van der Waals surface area (Å²) in [6.07, 6.45) is 5.23. The standard InChI is InChI=1S/C12H21N3S/c1-8-4-3-5-10(6-8)12(15-13)11-7-16-9(2)14-11/h7-8,10,12,15H,3-6,13H2,1-2H3. The monoisotopic (exact) mass is 239 g/mol. The van der Waals surface area contributed by atoms with Crippen molar-refractivity contribution in [2.45, 2.75) is 45.6 Å². The lowest BCUT2D eigenvalue weighted by molar-refractivity contribution is 0.222. The minimum Gasteiger partial charge on any atom is -0.271 e. The molecule has 0 radical (unpaired) electrons. The van der Waals surface area contributed by atoms with Gasteiger partial charge in [0.05, 0.1) is 16.7 Å². The van der Waals surface area contributed by atoms with Crippen molar-refractivity contribution in [2.75, 3.05) is 0 Å². The molecule has 1 aromatic rings. The number of thiazole rings is 1.